The van der Waals surface area contributed by atoms with Crippen molar-refractivity contribution in [1.29, 1.82) is 0 Å². The molecule has 3 rings (SSSR count). The molecule has 158 valence electrons. The lowest BCUT2D eigenvalue weighted by Gasteiger charge is -2.36. The Morgan fingerprint density at radius 3 is 2.76 bits per heavy atom. The fourth-order valence-corrected chi connectivity index (χ4v) is 3.51. The predicted octanol–water partition coefficient (Wildman–Crippen LogP) is 3.39. The second kappa shape index (κ2) is 11.5. The van der Waals surface area contributed by atoms with Crippen LogP contribution >= 0.6 is 24.0 Å². The molecule has 0 aliphatic carbocycles. The lowest BCUT2D eigenvalue weighted by molar-refractivity contribution is -0.00840. The SMILES string of the molecule is CCNC(=NCC(O)c1ccncc1)N1CCOC(c2ccc(C)cc2C)C1.I. The lowest BCUT2D eigenvalue weighted by Crippen LogP contribution is -2.48. The first-order valence-electron chi connectivity index (χ1n) is 9.88. The minimum Gasteiger partial charge on any atom is -0.386 e. The predicted molar refractivity (Wildman–Crippen MR) is 127 cm³/mol. The van der Waals surface area contributed by atoms with Crippen LogP contribution in [-0.4, -0.2) is 53.7 Å². The zero-order chi connectivity index (χ0) is 19.9. The van der Waals surface area contributed by atoms with E-state index in [0.29, 0.717) is 13.2 Å². The Bertz CT molecular complexity index is 801. The van der Waals surface area contributed by atoms with Crippen molar-refractivity contribution in [3.63, 3.8) is 0 Å². The molecule has 2 N–H and O–H groups in total. The van der Waals surface area contributed by atoms with E-state index in [1.165, 1.54) is 16.7 Å². The van der Waals surface area contributed by atoms with E-state index in [1.54, 1.807) is 12.4 Å². The quantitative estimate of drug-likeness (QED) is 0.367. The van der Waals surface area contributed by atoms with Crippen molar-refractivity contribution in [2.75, 3.05) is 32.8 Å². The highest BCUT2D eigenvalue weighted by Crippen LogP contribution is 2.26. The number of aromatic nitrogens is 1. The van der Waals surface area contributed by atoms with Gasteiger partial charge >= 0.3 is 0 Å². The molecule has 0 radical (unpaired) electrons. The average molecular weight is 510 g/mol. The topological polar surface area (TPSA) is 70.0 Å². The molecule has 0 amide bonds. The number of hydrogen-bond acceptors (Lipinski definition) is 4. The van der Waals surface area contributed by atoms with Crippen molar-refractivity contribution in [3.8, 4) is 0 Å². The normalized spacial score (nSPS) is 18.1. The van der Waals surface area contributed by atoms with Gasteiger partial charge in [-0.05, 0) is 49.6 Å². The highest BCUT2D eigenvalue weighted by atomic mass is 127. The number of benzene rings is 1. The molecule has 2 aromatic rings. The zero-order valence-corrected chi connectivity index (χ0v) is 19.7. The molecule has 0 bridgehead atoms. The monoisotopic (exact) mass is 510 g/mol. The molecular formula is C22H31IN4O2. The highest BCUT2D eigenvalue weighted by molar-refractivity contribution is 14.0. The number of hydrogen-bond donors (Lipinski definition) is 2. The van der Waals surface area contributed by atoms with Crippen molar-refractivity contribution in [1.82, 2.24) is 15.2 Å². The first-order valence-corrected chi connectivity index (χ1v) is 9.88. The molecule has 1 aliphatic rings. The number of rotatable bonds is 5. The molecule has 1 saturated heterocycles. The van der Waals surface area contributed by atoms with Crippen LogP contribution in [0.15, 0.2) is 47.7 Å². The van der Waals surface area contributed by atoms with Gasteiger partial charge in [0.05, 0.1) is 25.8 Å². The second-order valence-electron chi connectivity index (χ2n) is 7.16. The van der Waals surface area contributed by atoms with Crippen molar-refractivity contribution >= 4 is 29.9 Å². The minimum atomic E-state index is -0.646. The Balaban J connectivity index is 0.00000300. The first kappa shape index (κ1) is 23.6. The number of aliphatic hydroxyl groups excluding tert-OH is 1. The molecule has 2 unspecified atom stereocenters. The van der Waals surface area contributed by atoms with Gasteiger partial charge in [-0.3, -0.25) is 9.98 Å². The summed E-state index contributed by atoms with van der Waals surface area (Å²) in [5, 5.41) is 13.8. The summed E-state index contributed by atoms with van der Waals surface area (Å²) in [4.78, 5) is 10.9. The van der Waals surface area contributed by atoms with Crippen molar-refractivity contribution < 1.29 is 9.84 Å². The van der Waals surface area contributed by atoms with Gasteiger partial charge in [-0.1, -0.05) is 23.8 Å². The van der Waals surface area contributed by atoms with Crippen molar-refractivity contribution in [3.05, 3.63) is 65.0 Å². The summed E-state index contributed by atoms with van der Waals surface area (Å²) >= 11 is 0. The molecule has 1 aromatic carbocycles. The highest BCUT2D eigenvalue weighted by Gasteiger charge is 2.25. The van der Waals surface area contributed by atoms with Crippen LogP contribution in [0.2, 0.25) is 0 Å². The number of ether oxygens (including phenoxy) is 1. The minimum absolute atomic E-state index is 0. The van der Waals surface area contributed by atoms with Crippen LogP contribution in [0.5, 0.6) is 0 Å². The van der Waals surface area contributed by atoms with E-state index in [9.17, 15) is 5.11 Å². The van der Waals surface area contributed by atoms with Gasteiger partial charge in [0.15, 0.2) is 5.96 Å². The number of halogens is 1. The number of pyridine rings is 1. The van der Waals surface area contributed by atoms with Gasteiger partial charge in [-0.2, -0.15) is 0 Å². The standard InChI is InChI=1S/C22H30N4O2.HI/c1-4-24-22(25-14-20(27)18-7-9-23-10-8-18)26-11-12-28-21(15-26)19-6-5-16(2)13-17(19)3;/h5-10,13,20-21,27H,4,11-12,14-15H2,1-3H3,(H,24,25);1H. The average Bonchev–Trinajstić information content (AvgIpc) is 2.71. The molecule has 7 heteroatoms. The van der Waals surface area contributed by atoms with Crippen LogP contribution in [0.3, 0.4) is 0 Å². The van der Waals surface area contributed by atoms with E-state index in [2.05, 4.69) is 59.2 Å². The van der Waals surface area contributed by atoms with Crippen LogP contribution in [0.4, 0.5) is 0 Å². The summed E-state index contributed by atoms with van der Waals surface area (Å²) in [5.74, 6) is 0.814. The Morgan fingerprint density at radius 1 is 1.31 bits per heavy atom. The van der Waals surface area contributed by atoms with E-state index in [0.717, 1.165) is 31.2 Å². The van der Waals surface area contributed by atoms with Gasteiger partial charge < -0.3 is 20.1 Å². The van der Waals surface area contributed by atoms with E-state index in [-0.39, 0.29) is 30.1 Å². The lowest BCUT2D eigenvalue weighted by atomic mass is 10.00. The molecule has 2 heterocycles. The number of aliphatic hydroxyl groups is 1. The Labute approximate surface area is 190 Å². The van der Waals surface area contributed by atoms with Gasteiger partial charge in [0.2, 0.25) is 0 Å². The summed E-state index contributed by atoms with van der Waals surface area (Å²) in [5.41, 5.74) is 4.56. The maximum atomic E-state index is 10.4. The van der Waals surface area contributed by atoms with Crippen molar-refractivity contribution in [2.45, 2.75) is 33.0 Å². The van der Waals surface area contributed by atoms with Crippen LogP contribution in [0.25, 0.3) is 0 Å². The van der Waals surface area contributed by atoms with Gasteiger partial charge in [-0.25, -0.2) is 0 Å². The summed E-state index contributed by atoms with van der Waals surface area (Å²) in [6, 6.07) is 10.1. The summed E-state index contributed by atoms with van der Waals surface area (Å²) < 4.78 is 6.06. The molecule has 6 nitrogen and oxygen atoms in total. The fraction of sp³-hybridized carbons (Fsp3) is 0.455. The van der Waals surface area contributed by atoms with Crippen LogP contribution in [0, 0.1) is 13.8 Å². The third kappa shape index (κ3) is 6.38. The maximum absolute atomic E-state index is 10.4. The Kier molecular flexibility index (Phi) is 9.32. The number of morpholine rings is 1. The molecule has 29 heavy (non-hydrogen) atoms. The first-order chi connectivity index (χ1) is 13.6. The number of nitrogens with one attached hydrogen (secondary N) is 1. The molecule has 1 aliphatic heterocycles. The van der Waals surface area contributed by atoms with Gasteiger partial charge in [-0.15, -0.1) is 24.0 Å². The van der Waals surface area contributed by atoms with E-state index >= 15 is 0 Å². The van der Waals surface area contributed by atoms with Crippen LogP contribution in [-0.2, 0) is 4.74 Å². The number of guanidine groups is 1. The second-order valence-corrected chi connectivity index (χ2v) is 7.16. The molecule has 2 atom stereocenters. The summed E-state index contributed by atoms with van der Waals surface area (Å²) in [7, 11) is 0. The number of aryl methyl sites for hydroxylation is 2. The molecule has 0 saturated carbocycles. The van der Waals surface area contributed by atoms with E-state index < -0.39 is 6.10 Å². The fourth-order valence-electron chi connectivity index (χ4n) is 3.51. The van der Waals surface area contributed by atoms with Gasteiger partial charge in [0.1, 0.15) is 6.10 Å². The smallest absolute Gasteiger partial charge is 0.194 e. The number of nitrogens with zero attached hydrogens (tertiary/aromatic N) is 3. The third-order valence-electron chi connectivity index (χ3n) is 4.98. The van der Waals surface area contributed by atoms with E-state index in [1.807, 2.05) is 12.1 Å². The zero-order valence-electron chi connectivity index (χ0n) is 17.3. The Hall–Kier alpha value is -1.71. The van der Waals surface area contributed by atoms with E-state index in [4.69, 9.17) is 4.74 Å². The largest absolute Gasteiger partial charge is 0.386 e. The summed E-state index contributed by atoms with van der Waals surface area (Å²) in [6.07, 6.45) is 2.74. The molecule has 0 spiro atoms. The van der Waals surface area contributed by atoms with Gasteiger partial charge in [0, 0.05) is 25.5 Å². The maximum Gasteiger partial charge on any atom is 0.194 e. The Morgan fingerprint density at radius 2 is 2.07 bits per heavy atom. The third-order valence-corrected chi connectivity index (χ3v) is 4.98. The van der Waals surface area contributed by atoms with Crippen molar-refractivity contribution in [2.24, 2.45) is 4.99 Å². The molecule has 1 fully saturated rings. The summed E-state index contributed by atoms with van der Waals surface area (Å²) in [6.45, 7) is 9.53. The molecule has 1 aromatic heterocycles. The van der Waals surface area contributed by atoms with Crippen LogP contribution in [0.1, 0.15) is 41.4 Å². The number of aliphatic imine (C=N–C) groups is 1. The van der Waals surface area contributed by atoms with Gasteiger partial charge in [0.25, 0.3) is 0 Å². The molecular weight excluding hydrogens is 479 g/mol. The van der Waals surface area contributed by atoms with Crippen LogP contribution < -0.4 is 5.32 Å².